The molecule has 1 aromatic heterocycles. The predicted molar refractivity (Wildman–Crippen MR) is 83.1 cm³/mol. The van der Waals surface area contributed by atoms with Crippen LogP contribution < -0.4 is 0 Å². The summed E-state index contributed by atoms with van der Waals surface area (Å²) in [7, 11) is 0. The average Bonchev–Trinajstić information content (AvgIpc) is 2.92. The van der Waals surface area contributed by atoms with Crippen LogP contribution in [0.25, 0.3) is 0 Å². The van der Waals surface area contributed by atoms with Crippen molar-refractivity contribution in [3.05, 3.63) is 41.8 Å². The number of rotatable bonds is 8. The van der Waals surface area contributed by atoms with E-state index in [1.807, 2.05) is 6.07 Å². The van der Waals surface area contributed by atoms with Gasteiger partial charge in [0.2, 0.25) is 5.89 Å². The molecule has 0 saturated heterocycles. The molecule has 0 saturated carbocycles. The van der Waals surface area contributed by atoms with E-state index >= 15 is 0 Å². The van der Waals surface area contributed by atoms with E-state index in [-0.39, 0.29) is 0 Å². The molecule has 0 amide bonds. The second-order valence-electron chi connectivity index (χ2n) is 5.03. The Morgan fingerprint density at radius 1 is 1.15 bits per heavy atom. The van der Waals surface area contributed by atoms with Crippen LogP contribution in [0.4, 0.5) is 0 Å². The maximum absolute atomic E-state index is 5.70. The van der Waals surface area contributed by atoms with Gasteiger partial charge in [-0.3, -0.25) is 0 Å². The number of hydrogen-bond donors (Lipinski definition) is 0. The maximum atomic E-state index is 5.70. The van der Waals surface area contributed by atoms with Crippen LogP contribution in [0.2, 0.25) is 0 Å². The van der Waals surface area contributed by atoms with Gasteiger partial charge in [0.1, 0.15) is 0 Å². The second kappa shape index (κ2) is 8.10. The molecular formula is C16H22N2OS. The van der Waals surface area contributed by atoms with Gasteiger partial charge in [-0.1, -0.05) is 68.8 Å². The minimum Gasteiger partial charge on any atom is -0.416 e. The zero-order chi connectivity index (χ0) is 14.2. The van der Waals surface area contributed by atoms with Gasteiger partial charge in [-0.2, -0.15) is 0 Å². The Morgan fingerprint density at radius 3 is 2.70 bits per heavy atom. The Labute approximate surface area is 125 Å². The lowest BCUT2D eigenvalue weighted by Crippen LogP contribution is -1.98. The molecule has 0 aliphatic heterocycles. The van der Waals surface area contributed by atoms with Crippen LogP contribution in [0, 0.1) is 0 Å². The van der Waals surface area contributed by atoms with E-state index in [2.05, 4.69) is 48.3 Å². The number of unbranched alkanes of at least 4 members (excludes halogenated alkanes) is 2. The summed E-state index contributed by atoms with van der Waals surface area (Å²) in [6.45, 7) is 4.40. The van der Waals surface area contributed by atoms with Gasteiger partial charge < -0.3 is 4.42 Å². The van der Waals surface area contributed by atoms with Gasteiger partial charge >= 0.3 is 0 Å². The van der Waals surface area contributed by atoms with Crippen molar-refractivity contribution in [2.24, 2.45) is 0 Å². The topological polar surface area (TPSA) is 38.9 Å². The molecule has 2 rings (SSSR count). The van der Waals surface area contributed by atoms with E-state index in [1.54, 1.807) is 11.8 Å². The summed E-state index contributed by atoms with van der Waals surface area (Å²) in [6, 6.07) is 10.4. The largest absolute Gasteiger partial charge is 0.416 e. The van der Waals surface area contributed by atoms with Gasteiger partial charge in [0, 0.05) is 12.2 Å². The third-order valence-corrected chi connectivity index (χ3v) is 4.18. The summed E-state index contributed by atoms with van der Waals surface area (Å²) in [5, 5.41) is 8.95. The van der Waals surface area contributed by atoms with Gasteiger partial charge in [0.25, 0.3) is 5.22 Å². The Balaban J connectivity index is 1.83. The molecule has 2 aromatic rings. The number of benzene rings is 1. The quantitative estimate of drug-likeness (QED) is 0.522. The molecule has 1 heterocycles. The lowest BCUT2D eigenvalue weighted by atomic mass is 9.98. The highest BCUT2D eigenvalue weighted by Crippen LogP contribution is 2.22. The summed E-state index contributed by atoms with van der Waals surface area (Å²) in [6.07, 6.45) is 4.51. The molecule has 3 nitrogen and oxygen atoms in total. The number of aromatic nitrogens is 2. The van der Waals surface area contributed by atoms with E-state index in [0.29, 0.717) is 11.1 Å². The molecule has 0 bridgehead atoms. The lowest BCUT2D eigenvalue weighted by molar-refractivity contribution is 0.404. The van der Waals surface area contributed by atoms with Crippen molar-refractivity contribution in [2.75, 3.05) is 5.75 Å². The van der Waals surface area contributed by atoms with Gasteiger partial charge in [-0.05, 0) is 17.9 Å². The molecule has 4 heteroatoms. The molecule has 1 aromatic carbocycles. The van der Waals surface area contributed by atoms with Crippen molar-refractivity contribution in [3.8, 4) is 0 Å². The van der Waals surface area contributed by atoms with Crippen LogP contribution in [0.15, 0.2) is 40.0 Å². The van der Waals surface area contributed by atoms with Gasteiger partial charge in [0.15, 0.2) is 0 Å². The van der Waals surface area contributed by atoms with Crippen molar-refractivity contribution in [1.29, 1.82) is 0 Å². The molecule has 0 aliphatic carbocycles. The lowest BCUT2D eigenvalue weighted by Gasteiger charge is -2.08. The van der Waals surface area contributed by atoms with Crippen LogP contribution in [-0.2, 0) is 6.42 Å². The van der Waals surface area contributed by atoms with Crippen LogP contribution in [0.3, 0.4) is 0 Å². The van der Waals surface area contributed by atoms with E-state index in [9.17, 15) is 0 Å². The van der Waals surface area contributed by atoms with Crippen molar-refractivity contribution < 1.29 is 4.42 Å². The minimum absolute atomic E-state index is 0.398. The predicted octanol–water partition coefficient (Wildman–Crippen LogP) is 4.70. The van der Waals surface area contributed by atoms with Crippen LogP contribution in [-0.4, -0.2) is 16.0 Å². The van der Waals surface area contributed by atoms with Gasteiger partial charge in [-0.15, -0.1) is 10.2 Å². The van der Waals surface area contributed by atoms with Gasteiger partial charge in [-0.25, -0.2) is 0 Å². The maximum Gasteiger partial charge on any atom is 0.276 e. The average molecular weight is 290 g/mol. The van der Waals surface area contributed by atoms with E-state index in [1.165, 1.54) is 24.8 Å². The number of thioether (sulfide) groups is 1. The second-order valence-corrected chi connectivity index (χ2v) is 6.08. The monoisotopic (exact) mass is 290 g/mol. The first-order valence-electron chi connectivity index (χ1n) is 7.29. The number of nitrogens with zero attached hydrogens (tertiary/aromatic N) is 2. The first-order chi connectivity index (χ1) is 9.79. The molecular weight excluding hydrogens is 268 g/mol. The molecule has 20 heavy (non-hydrogen) atoms. The van der Waals surface area contributed by atoms with Crippen LogP contribution in [0.5, 0.6) is 0 Å². The molecule has 0 fully saturated rings. The van der Waals surface area contributed by atoms with Gasteiger partial charge in [0.05, 0.1) is 0 Å². The summed E-state index contributed by atoms with van der Waals surface area (Å²) < 4.78 is 5.70. The van der Waals surface area contributed by atoms with Crippen molar-refractivity contribution in [3.63, 3.8) is 0 Å². The Morgan fingerprint density at radius 2 is 1.95 bits per heavy atom. The van der Waals surface area contributed by atoms with E-state index < -0.39 is 0 Å². The van der Waals surface area contributed by atoms with Crippen molar-refractivity contribution >= 4 is 11.8 Å². The highest BCUT2D eigenvalue weighted by molar-refractivity contribution is 7.99. The fraction of sp³-hybridized carbons (Fsp3) is 0.500. The molecule has 0 spiro atoms. The van der Waals surface area contributed by atoms with E-state index in [0.717, 1.165) is 18.1 Å². The van der Waals surface area contributed by atoms with Crippen LogP contribution in [0.1, 0.15) is 50.5 Å². The number of hydrogen-bond acceptors (Lipinski definition) is 4. The summed E-state index contributed by atoms with van der Waals surface area (Å²) in [5.74, 6) is 2.19. The Kier molecular flexibility index (Phi) is 6.12. The minimum atomic E-state index is 0.398. The molecule has 1 atom stereocenters. The Hall–Kier alpha value is -1.29. The van der Waals surface area contributed by atoms with Crippen molar-refractivity contribution in [1.82, 2.24) is 10.2 Å². The third kappa shape index (κ3) is 4.67. The zero-order valence-corrected chi connectivity index (χ0v) is 13.0. The summed E-state index contributed by atoms with van der Waals surface area (Å²) in [4.78, 5) is 0. The smallest absolute Gasteiger partial charge is 0.276 e. The molecule has 108 valence electrons. The van der Waals surface area contributed by atoms with Crippen molar-refractivity contribution in [2.45, 2.75) is 50.7 Å². The summed E-state index contributed by atoms with van der Waals surface area (Å²) >= 11 is 1.66. The highest BCUT2D eigenvalue weighted by atomic mass is 32.2. The molecule has 0 aliphatic rings. The molecule has 0 N–H and O–H groups in total. The standard InChI is InChI=1S/C16H22N2OS/c1-3-4-8-11-20-16-18-17-15(19-16)12-13(2)14-9-6-5-7-10-14/h5-7,9-10,13H,3-4,8,11-12H2,1-2H3. The highest BCUT2D eigenvalue weighted by Gasteiger charge is 2.12. The molecule has 1 unspecified atom stereocenters. The Bertz CT molecular complexity index is 498. The van der Waals surface area contributed by atoms with Crippen LogP contribution >= 0.6 is 11.8 Å². The normalized spacial score (nSPS) is 12.5. The third-order valence-electron chi connectivity index (χ3n) is 3.27. The van der Waals surface area contributed by atoms with E-state index in [4.69, 9.17) is 4.42 Å². The summed E-state index contributed by atoms with van der Waals surface area (Å²) in [5.41, 5.74) is 1.31. The fourth-order valence-corrected chi connectivity index (χ4v) is 2.83. The fourth-order valence-electron chi connectivity index (χ4n) is 2.05. The molecule has 0 radical (unpaired) electrons. The first kappa shape index (κ1) is 15.1. The zero-order valence-electron chi connectivity index (χ0n) is 12.2. The first-order valence-corrected chi connectivity index (χ1v) is 8.28. The SMILES string of the molecule is CCCCCSc1nnc(CC(C)c2ccccc2)o1.